The van der Waals surface area contributed by atoms with E-state index in [1.165, 1.54) is 0 Å². The van der Waals surface area contributed by atoms with Gasteiger partial charge in [-0.2, -0.15) is 0 Å². The van der Waals surface area contributed by atoms with Gasteiger partial charge >= 0.3 is 0 Å². The zero-order valence-corrected chi connectivity index (χ0v) is 18.0. The van der Waals surface area contributed by atoms with Crippen molar-refractivity contribution in [3.05, 3.63) is 63.9 Å². The highest BCUT2D eigenvalue weighted by Gasteiger charge is 2.33. The van der Waals surface area contributed by atoms with E-state index in [-0.39, 0.29) is 17.3 Å². The Balaban J connectivity index is 1.95. The van der Waals surface area contributed by atoms with E-state index in [1.807, 2.05) is 38.1 Å². The Bertz CT molecular complexity index is 943. The number of ether oxygens (including phenoxy) is 3. The quantitative estimate of drug-likeness (QED) is 0.635. The molecule has 0 bridgehead atoms. The first kappa shape index (κ1) is 22.0. The fraction of sp³-hybridized carbons (Fsp3) is 0.375. The van der Waals surface area contributed by atoms with Crippen molar-refractivity contribution in [3.63, 3.8) is 0 Å². The van der Waals surface area contributed by atoms with Crippen LogP contribution >= 0.6 is 0 Å². The first-order valence-corrected chi connectivity index (χ1v) is 10.0. The lowest BCUT2D eigenvalue weighted by atomic mass is 9.99. The number of allylic oxidation sites excluding steroid dienone is 1. The summed E-state index contributed by atoms with van der Waals surface area (Å²) in [5.41, 5.74) is 3.82. The molecule has 0 atom stereocenters. The van der Waals surface area contributed by atoms with Crippen LogP contribution in [-0.4, -0.2) is 56.3 Å². The Morgan fingerprint density at radius 2 is 1.80 bits per heavy atom. The predicted octanol–water partition coefficient (Wildman–Crippen LogP) is 3.72. The number of Topliss-reactive ketones (excluding diaryl/α,β-unsaturated/α-hetero) is 1. The molecule has 3 rings (SSSR count). The van der Waals surface area contributed by atoms with Crippen LogP contribution in [0.25, 0.3) is 6.08 Å². The van der Waals surface area contributed by atoms with E-state index in [4.69, 9.17) is 14.2 Å². The van der Waals surface area contributed by atoms with Crippen LogP contribution in [-0.2, 0) is 16.0 Å². The molecule has 6 heteroatoms. The highest BCUT2D eigenvalue weighted by Crippen LogP contribution is 2.42. The lowest BCUT2D eigenvalue weighted by molar-refractivity contribution is 0.101. The summed E-state index contributed by atoms with van der Waals surface area (Å²) in [6.07, 6.45) is 1.75. The van der Waals surface area contributed by atoms with Crippen molar-refractivity contribution in [2.75, 3.05) is 40.5 Å². The number of benzene rings is 2. The number of hydrogen-bond donors (Lipinski definition) is 1. The number of hydrogen-bond acceptors (Lipinski definition) is 6. The predicted molar refractivity (Wildman–Crippen MR) is 116 cm³/mol. The Kier molecular flexibility index (Phi) is 7.26. The molecule has 30 heavy (non-hydrogen) atoms. The molecule has 0 saturated carbocycles. The number of nitrogens with zero attached hydrogens (tertiary/aromatic N) is 1. The SMILES string of the molecule is COCCN(CCOC)Cc1c(O)cc(C)c2c1O/C(=C/c1cccc(C)c1)C2=O. The van der Waals surface area contributed by atoms with Gasteiger partial charge in [-0.15, -0.1) is 0 Å². The van der Waals surface area contributed by atoms with E-state index in [0.717, 1.165) is 11.1 Å². The van der Waals surface area contributed by atoms with Gasteiger partial charge in [-0.05, 0) is 37.1 Å². The average molecular weight is 411 g/mol. The van der Waals surface area contributed by atoms with E-state index < -0.39 is 0 Å². The molecular formula is C24H29NO5. The first-order valence-electron chi connectivity index (χ1n) is 10.0. The summed E-state index contributed by atoms with van der Waals surface area (Å²) in [4.78, 5) is 15.2. The van der Waals surface area contributed by atoms with Gasteiger partial charge in [0.05, 0.1) is 24.3 Å². The minimum absolute atomic E-state index is 0.121. The van der Waals surface area contributed by atoms with Crippen LogP contribution in [0.1, 0.15) is 32.6 Å². The van der Waals surface area contributed by atoms with Gasteiger partial charge in [-0.1, -0.05) is 29.8 Å². The molecule has 0 aliphatic carbocycles. The van der Waals surface area contributed by atoms with Crippen molar-refractivity contribution >= 4 is 11.9 Å². The van der Waals surface area contributed by atoms with Gasteiger partial charge in [-0.25, -0.2) is 0 Å². The fourth-order valence-electron chi connectivity index (χ4n) is 3.58. The summed E-state index contributed by atoms with van der Waals surface area (Å²) in [6, 6.07) is 9.51. The van der Waals surface area contributed by atoms with E-state index >= 15 is 0 Å². The van der Waals surface area contributed by atoms with Gasteiger partial charge in [0.1, 0.15) is 11.5 Å². The van der Waals surface area contributed by atoms with Crippen LogP contribution in [0.15, 0.2) is 36.1 Å². The number of phenolic OH excluding ortho intramolecular Hbond substituents is 1. The average Bonchev–Trinajstić information content (AvgIpc) is 3.03. The summed E-state index contributed by atoms with van der Waals surface area (Å²) in [5, 5.41) is 10.7. The number of carbonyl (C=O) groups excluding carboxylic acids is 1. The smallest absolute Gasteiger partial charge is 0.232 e. The molecule has 6 nitrogen and oxygen atoms in total. The number of rotatable bonds is 9. The van der Waals surface area contributed by atoms with Gasteiger partial charge in [0.25, 0.3) is 0 Å². The molecule has 1 heterocycles. The first-order chi connectivity index (χ1) is 14.4. The minimum atomic E-state index is -0.161. The van der Waals surface area contributed by atoms with Crippen molar-refractivity contribution in [2.45, 2.75) is 20.4 Å². The summed E-state index contributed by atoms with van der Waals surface area (Å²) in [7, 11) is 3.30. The number of ketones is 1. The monoisotopic (exact) mass is 411 g/mol. The van der Waals surface area contributed by atoms with Crippen LogP contribution in [0.3, 0.4) is 0 Å². The summed E-state index contributed by atoms with van der Waals surface area (Å²) in [6.45, 7) is 6.68. The van der Waals surface area contributed by atoms with Gasteiger partial charge in [0.15, 0.2) is 5.76 Å². The van der Waals surface area contributed by atoms with Gasteiger partial charge in [0.2, 0.25) is 5.78 Å². The van der Waals surface area contributed by atoms with E-state index in [2.05, 4.69) is 4.90 Å². The van der Waals surface area contributed by atoms with Crippen LogP contribution in [0.4, 0.5) is 0 Å². The van der Waals surface area contributed by atoms with Crippen LogP contribution in [0.2, 0.25) is 0 Å². The molecule has 160 valence electrons. The van der Waals surface area contributed by atoms with Crippen molar-refractivity contribution in [3.8, 4) is 11.5 Å². The molecule has 0 spiro atoms. The number of fused-ring (bicyclic) bond motifs is 1. The third-order valence-electron chi connectivity index (χ3n) is 5.17. The third-order valence-corrected chi connectivity index (χ3v) is 5.17. The molecule has 2 aromatic carbocycles. The molecule has 1 N–H and O–H groups in total. The second-order valence-electron chi connectivity index (χ2n) is 7.51. The molecule has 0 aromatic heterocycles. The molecule has 1 aliphatic heterocycles. The van der Waals surface area contributed by atoms with E-state index in [9.17, 15) is 9.90 Å². The maximum atomic E-state index is 13.1. The number of carbonyl (C=O) groups is 1. The van der Waals surface area contributed by atoms with Crippen molar-refractivity contribution in [2.24, 2.45) is 0 Å². The van der Waals surface area contributed by atoms with Gasteiger partial charge in [0, 0.05) is 33.9 Å². The molecule has 0 fully saturated rings. The summed E-state index contributed by atoms with van der Waals surface area (Å²) in [5.74, 6) is 0.670. The molecule has 0 amide bonds. The highest BCUT2D eigenvalue weighted by molar-refractivity contribution is 6.15. The zero-order chi connectivity index (χ0) is 21.7. The van der Waals surface area contributed by atoms with Crippen molar-refractivity contribution < 1.29 is 24.1 Å². The van der Waals surface area contributed by atoms with Gasteiger partial charge < -0.3 is 19.3 Å². The molecule has 0 saturated heterocycles. The molecule has 0 radical (unpaired) electrons. The fourth-order valence-corrected chi connectivity index (χ4v) is 3.58. The number of phenols is 1. The van der Waals surface area contributed by atoms with Gasteiger partial charge in [-0.3, -0.25) is 9.69 Å². The van der Waals surface area contributed by atoms with Crippen LogP contribution in [0, 0.1) is 13.8 Å². The lowest BCUT2D eigenvalue weighted by Gasteiger charge is -2.23. The largest absolute Gasteiger partial charge is 0.507 e. The van der Waals surface area contributed by atoms with E-state index in [1.54, 1.807) is 26.4 Å². The standard InChI is InChI=1S/C24H29NO5/c1-16-6-5-7-18(12-16)14-21-23(27)22-17(2)13-20(26)19(24(22)30-21)15-25(8-10-28-3)9-11-29-4/h5-7,12-14,26H,8-11,15H2,1-4H3/b21-14+. The Labute approximate surface area is 177 Å². The maximum Gasteiger partial charge on any atom is 0.232 e. The van der Waals surface area contributed by atoms with Crippen LogP contribution in [0.5, 0.6) is 11.5 Å². The second-order valence-corrected chi connectivity index (χ2v) is 7.51. The number of methoxy groups -OCH3 is 2. The highest BCUT2D eigenvalue weighted by atomic mass is 16.5. The summed E-state index contributed by atoms with van der Waals surface area (Å²) < 4.78 is 16.4. The molecule has 2 aromatic rings. The van der Waals surface area contributed by atoms with Crippen LogP contribution < -0.4 is 4.74 Å². The van der Waals surface area contributed by atoms with Crippen molar-refractivity contribution in [1.29, 1.82) is 0 Å². The Morgan fingerprint density at radius 1 is 1.10 bits per heavy atom. The second kappa shape index (κ2) is 9.89. The number of aromatic hydroxyl groups is 1. The molecular weight excluding hydrogens is 382 g/mol. The number of aryl methyl sites for hydroxylation is 2. The maximum absolute atomic E-state index is 13.1. The summed E-state index contributed by atoms with van der Waals surface area (Å²) >= 11 is 0. The minimum Gasteiger partial charge on any atom is -0.507 e. The topological polar surface area (TPSA) is 68.2 Å². The van der Waals surface area contributed by atoms with E-state index in [0.29, 0.717) is 55.3 Å². The van der Waals surface area contributed by atoms with Crippen molar-refractivity contribution in [1.82, 2.24) is 4.90 Å². The zero-order valence-electron chi connectivity index (χ0n) is 18.0. The molecule has 1 aliphatic rings. The normalized spacial score (nSPS) is 14.4. The lowest BCUT2D eigenvalue weighted by Crippen LogP contribution is -2.30. The molecule has 0 unspecified atom stereocenters. The Hall–Kier alpha value is -2.67. The third kappa shape index (κ3) is 4.90. The Morgan fingerprint density at radius 3 is 2.43 bits per heavy atom.